The predicted molar refractivity (Wildman–Crippen MR) is 105 cm³/mol. The molecule has 0 amide bonds. The second-order valence-corrected chi connectivity index (χ2v) is 7.15. The lowest BCUT2D eigenvalue weighted by atomic mass is 9.86. The third kappa shape index (κ3) is 4.25. The molecule has 0 bridgehead atoms. The molecule has 2 aromatic carbocycles. The maximum Gasteiger partial charge on any atom is 0.337 e. The van der Waals surface area contributed by atoms with Gasteiger partial charge in [0.25, 0.3) is 0 Å². The molecule has 4 nitrogen and oxygen atoms in total. The van der Waals surface area contributed by atoms with Crippen LogP contribution in [0.1, 0.15) is 64.7 Å². The molecule has 2 unspecified atom stereocenters. The Hall–Kier alpha value is -2.33. The number of carbonyl (C=O) groups is 1. The number of nitrogen functional groups attached to an aromatic ring is 1. The first kappa shape index (κ1) is 18.5. The topological polar surface area (TPSA) is 64.3 Å². The molecule has 26 heavy (non-hydrogen) atoms. The van der Waals surface area contributed by atoms with E-state index in [9.17, 15) is 4.79 Å². The molecule has 0 aliphatic carbocycles. The second-order valence-electron chi connectivity index (χ2n) is 7.15. The number of esters is 1. The lowest BCUT2D eigenvalue weighted by Gasteiger charge is -2.27. The highest BCUT2D eigenvalue weighted by Crippen LogP contribution is 2.31. The van der Waals surface area contributed by atoms with Crippen molar-refractivity contribution in [2.45, 2.75) is 44.6 Å². The summed E-state index contributed by atoms with van der Waals surface area (Å²) in [7, 11) is 1.41. The number of anilines is 1. The monoisotopic (exact) mass is 352 g/mol. The zero-order valence-corrected chi connectivity index (χ0v) is 15.6. The summed E-state index contributed by atoms with van der Waals surface area (Å²) < 4.78 is 4.77. The lowest BCUT2D eigenvalue weighted by Crippen LogP contribution is -2.26. The van der Waals surface area contributed by atoms with Crippen LogP contribution in [0.25, 0.3) is 0 Å². The Morgan fingerprint density at radius 1 is 1.08 bits per heavy atom. The first-order valence-corrected chi connectivity index (χ1v) is 9.36. The zero-order chi connectivity index (χ0) is 18.5. The van der Waals surface area contributed by atoms with Crippen LogP contribution in [0.15, 0.2) is 42.5 Å². The highest BCUT2D eigenvalue weighted by Gasteiger charge is 2.19. The van der Waals surface area contributed by atoms with Gasteiger partial charge in [-0.05, 0) is 73.5 Å². The van der Waals surface area contributed by atoms with Crippen molar-refractivity contribution in [1.82, 2.24) is 5.32 Å². The van der Waals surface area contributed by atoms with Gasteiger partial charge in [-0.2, -0.15) is 0 Å². The van der Waals surface area contributed by atoms with Crippen molar-refractivity contribution in [3.63, 3.8) is 0 Å². The number of rotatable bonds is 3. The fraction of sp³-hybridized carbons (Fsp3) is 0.409. The van der Waals surface area contributed by atoms with Gasteiger partial charge >= 0.3 is 5.97 Å². The SMILES string of the molecule is COC(=O)c1ccc(C2CCCC(c3ccc(C)c(N)c3)NCC2)cc1. The van der Waals surface area contributed by atoms with Crippen LogP contribution in [0.2, 0.25) is 0 Å². The van der Waals surface area contributed by atoms with Gasteiger partial charge in [-0.25, -0.2) is 4.79 Å². The Kier molecular flexibility index (Phi) is 5.94. The number of hydrogen-bond acceptors (Lipinski definition) is 4. The number of nitrogens with two attached hydrogens (primary N) is 1. The normalized spacial score (nSPS) is 20.8. The Labute approximate surface area is 155 Å². The number of ether oxygens (including phenoxy) is 1. The Balaban J connectivity index is 1.62. The summed E-state index contributed by atoms with van der Waals surface area (Å²) in [5.74, 6) is 0.245. The summed E-state index contributed by atoms with van der Waals surface area (Å²) in [5.41, 5.74) is 11.3. The third-order valence-electron chi connectivity index (χ3n) is 5.44. The number of aryl methyl sites for hydroxylation is 1. The Morgan fingerprint density at radius 3 is 2.50 bits per heavy atom. The van der Waals surface area contributed by atoms with E-state index in [1.54, 1.807) is 0 Å². The van der Waals surface area contributed by atoms with E-state index < -0.39 is 0 Å². The molecule has 2 atom stereocenters. The zero-order valence-electron chi connectivity index (χ0n) is 15.6. The summed E-state index contributed by atoms with van der Waals surface area (Å²) >= 11 is 0. The fourth-order valence-corrected chi connectivity index (χ4v) is 3.75. The molecule has 0 saturated carbocycles. The van der Waals surface area contributed by atoms with Crippen molar-refractivity contribution < 1.29 is 9.53 Å². The van der Waals surface area contributed by atoms with Gasteiger partial charge in [0.2, 0.25) is 0 Å². The fourth-order valence-electron chi connectivity index (χ4n) is 3.75. The first-order chi connectivity index (χ1) is 12.6. The second kappa shape index (κ2) is 8.37. The molecule has 1 aliphatic rings. The summed E-state index contributed by atoms with van der Waals surface area (Å²) in [6, 6.07) is 14.6. The van der Waals surface area contributed by atoms with Gasteiger partial charge in [0, 0.05) is 11.7 Å². The van der Waals surface area contributed by atoms with Crippen LogP contribution in [0.5, 0.6) is 0 Å². The predicted octanol–water partition coefficient (Wildman–Crippen LogP) is 4.35. The average molecular weight is 352 g/mol. The number of methoxy groups -OCH3 is 1. The molecule has 3 rings (SSSR count). The summed E-state index contributed by atoms with van der Waals surface area (Å²) in [6.45, 7) is 3.02. The summed E-state index contributed by atoms with van der Waals surface area (Å²) in [5, 5.41) is 3.69. The van der Waals surface area contributed by atoms with E-state index in [2.05, 4.69) is 35.6 Å². The van der Waals surface area contributed by atoms with Gasteiger partial charge in [0.1, 0.15) is 0 Å². The van der Waals surface area contributed by atoms with Crippen LogP contribution in [-0.4, -0.2) is 19.6 Å². The molecular formula is C22H28N2O2. The van der Waals surface area contributed by atoms with Crippen molar-refractivity contribution in [3.8, 4) is 0 Å². The van der Waals surface area contributed by atoms with Crippen LogP contribution >= 0.6 is 0 Å². The molecule has 0 radical (unpaired) electrons. The maximum absolute atomic E-state index is 11.6. The van der Waals surface area contributed by atoms with E-state index in [1.165, 1.54) is 18.2 Å². The largest absolute Gasteiger partial charge is 0.465 e. The van der Waals surface area contributed by atoms with E-state index >= 15 is 0 Å². The lowest BCUT2D eigenvalue weighted by molar-refractivity contribution is 0.0600. The third-order valence-corrected chi connectivity index (χ3v) is 5.44. The number of carbonyl (C=O) groups excluding carboxylic acids is 1. The molecular weight excluding hydrogens is 324 g/mol. The number of hydrogen-bond donors (Lipinski definition) is 2. The van der Waals surface area contributed by atoms with Crippen LogP contribution in [0, 0.1) is 6.92 Å². The quantitative estimate of drug-likeness (QED) is 0.637. The summed E-state index contributed by atoms with van der Waals surface area (Å²) in [6.07, 6.45) is 4.53. The van der Waals surface area contributed by atoms with Crippen LogP contribution in [-0.2, 0) is 4.74 Å². The van der Waals surface area contributed by atoms with E-state index in [1.807, 2.05) is 19.1 Å². The highest BCUT2D eigenvalue weighted by atomic mass is 16.5. The highest BCUT2D eigenvalue weighted by molar-refractivity contribution is 5.89. The van der Waals surface area contributed by atoms with Gasteiger partial charge in [0.15, 0.2) is 0 Å². The van der Waals surface area contributed by atoms with E-state index in [0.717, 1.165) is 43.5 Å². The van der Waals surface area contributed by atoms with E-state index in [-0.39, 0.29) is 5.97 Å². The molecule has 1 aliphatic heterocycles. The van der Waals surface area contributed by atoms with Gasteiger partial charge in [-0.15, -0.1) is 0 Å². The minimum absolute atomic E-state index is 0.281. The van der Waals surface area contributed by atoms with Crippen LogP contribution in [0.4, 0.5) is 5.69 Å². The van der Waals surface area contributed by atoms with Gasteiger partial charge in [-0.3, -0.25) is 0 Å². The molecule has 0 aromatic heterocycles. The number of nitrogens with one attached hydrogen (secondary N) is 1. The average Bonchev–Trinajstić information content (AvgIpc) is 2.64. The minimum atomic E-state index is -0.281. The first-order valence-electron chi connectivity index (χ1n) is 9.36. The number of benzene rings is 2. The molecule has 1 fully saturated rings. The Morgan fingerprint density at radius 2 is 1.81 bits per heavy atom. The van der Waals surface area contributed by atoms with Crippen LogP contribution < -0.4 is 11.1 Å². The van der Waals surface area contributed by atoms with Crippen molar-refractivity contribution in [1.29, 1.82) is 0 Å². The van der Waals surface area contributed by atoms with Crippen molar-refractivity contribution >= 4 is 11.7 Å². The Bertz CT molecular complexity index is 745. The van der Waals surface area contributed by atoms with Crippen molar-refractivity contribution in [3.05, 3.63) is 64.7 Å². The van der Waals surface area contributed by atoms with Gasteiger partial charge in [0.05, 0.1) is 12.7 Å². The van der Waals surface area contributed by atoms with E-state index in [0.29, 0.717) is 17.5 Å². The molecule has 138 valence electrons. The molecule has 1 saturated heterocycles. The van der Waals surface area contributed by atoms with Crippen molar-refractivity contribution in [2.24, 2.45) is 0 Å². The molecule has 0 spiro atoms. The molecule has 4 heteroatoms. The minimum Gasteiger partial charge on any atom is -0.465 e. The van der Waals surface area contributed by atoms with Gasteiger partial charge < -0.3 is 15.8 Å². The molecule has 3 N–H and O–H groups in total. The van der Waals surface area contributed by atoms with Crippen LogP contribution in [0.3, 0.4) is 0 Å². The summed E-state index contributed by atoms with van der Waals surface area (Å²) in [4.78, 5) is 11.6. The smallest absolute Gasteiger partial charge is 0.337 e. The maximum atomic E-state index is 11.6. The molecule has 1 heterocycles. The van der Waals surface area contributed by atoms with Gasteiger partial charge in [-0.1, -0.05) is 30.7 Å². The molecule has 2 aromatic rings. The van der Waals surface area contributed by atoms with Crippen molar-refractivity contribution in [2.75, 3.05) is 19.4 Å². The standard InChI is InChI=1S/C22H28N2O2/c1-15-6-7-19(14-20(15)23)21-5-3-4-16(12-13-24-21)17-8-10-18(11-9-17)22(25)26-2/h6-11,14,16,21,24H,3-5,12-13,23H2,1-2H3. The van der Waals surface area contributed by atoms with E-state index in [4.69, 9.17) is 10.5 Å².